The number of hydrogen-bond donors (Lipinski definition) is 1. The zero-order chi connectivity index (χ0) is 10.4. The monoisotopic (exact) mass is 236 g/mol. The molecule has 1 aromatic carbocycles. The number of rotatable bonds is 0. The van der Waals surface area contributed by atoms with E-state index in [2.05, 4.69) is 10.3 Å². The summed E-state index contributed by atoms with van der Waals surface area (Å²) < 4.78 is 0. The van der Waals surface area contributed by atoms with Crippen molar-refractivity contribution >= 4 is 45.9 Å². The average molecular weight is 237 g/mol. The lowest BCUT2D eigenvalue weighted by Gasteiger charge is -2.16. The first-order valence-corrected chi connectivity index (χ1v) is 5.23. The Bertz CT molecular complexity index is 590. The Hall–Kier alpha value is -1.25. The fourth-order valence-electron chi connectivity index (χ4n) is 1.80. The van der Waals surface area contributed by atoms with Crippen LogP contribution in [0.1, 0.15) is 5.56 Å². The van der Waals surface area contributed by atoms with Crippen molar-refractivity contribution in [3.63, 3.8) is 0 Å². The summed E-state index contributed by atoms with van der Waals surface area (Å²) in [4.78, 5) is 4.26. The number of halogens is 2. The van der Waals surface area contributed by atoms with E-state index in [9.17, 15) is 0 Å². The highest BCUT2D eigenvalue weighted by Crippen LogP contribution is 2.34. The van der Waals surface area contributed by atoms with Gasteiger partial charge in [0.05, 0.1) is 5.52 Å². The van der Waals surface area contributed by atoms with Gasteiger partial charge in [0.25, 0.3) is 0 Å². The van der Waals surface area contributed by atoms with Gasteiger partial charge in [-0.25, -0.2) is 4.98 Å². The standard InChI is InChI=1S/C11H6Cl2N2/c12-9-4-6-5-10(13)15-8-3-1-2-7(14-9)11(6)8/h1-5,14H. The molecule has 0 spiro atoms. The first-order valence-electron chi connectivity index (χ1n) is 4.47. The number of pyridine rings is 1. The van der Waals surface area contributed by atoms with E-state index < -0.39 is 0 Å². The summed E-state index contributed by atoms with van der Waals surface area (Å²) in [5, 5.41) is 5.23. The Morgan fingerprint density at radius 1 is 1.20 bits per heavy atom. The first kappa shape index (κ1) is 9.01. The zero-order valence-corrected chi connectivity index (χ0v) is 9.10. The second-order valence-corrected chi connectivity index (χ2v) is 4.15. The van der Waals surface area contributed by atoms with Crippen molar-refractivity contribution in [2.24, 2.45) is 0 Å². The van der Waals surface area contributed by atoms with E-state index in [-0.39, 0.29) is 0 Å². The molecular formula is C11H6Cl2N2. The van der Waals surface area contributed by atoms with Crippen molar-refractivity contribution in [3.05, 3.63) is 40.1 Å². The van der Waals surface area contributed by atoms with Gasteiger partial charge < -0.3 is 5.32 Å². The van der Waals surface area contributed by atoms with Crippen LogP contribution in [-0.2, 0) is 0 Å². The number of hydrogen-bond acceptors (Lipinski definition) is 2. The van der Waals surface area contributed by atoms with E-state index in [0.29, 0.717) is 10.3 Å². The molecule has 1 aliphatic rings. The van der Waals surface area contributed by atoms with Crippen molar-refractivity contribution in [1.82, 2.24) is 4.98 Å². The van der Waals surface area contributed by atoms with E-state index in [4.69, 9.17) is 23.2 Å². The third-order valence-electron chi connectivity index (χ3n) is 2.37. The molecule has 74 valence electrons. The van der Waals surface area contributed by atoms with Gasteiger partial charge in [-0.3, -0.25) is 0 Å². The Morgan fingerprint density at radius 2 is 2.07 bits per heavy atom. The Balaban J connectivity index is 2.49. The van der Waals surface area contributed by atoms with E-state index >= 15 is 0 Å². The fourth-order valence-corrected chi connectivity index (χ4v) is 2.23. The van der Waals surface area contributed by atoms with Crippen LogP contribution in [0.4, 0.5) is 5.69 Å². The summed E-state index contributed by atoms with van der Waals surface area (Å²) in [7, 11) is 0. The minimum Gasteiger partial charge on any atom is -0.346 e. The van der Waals surface area contributed by atoms with Crippen molar-refractivity contribution in [3.8, 4) is 0 Å². The molecule has 2 nitrogen and oxygen atoms in total. The third kappa shape index (κ3) is 1.37. The maximum absolute atomic E-state index is 5.97. The van der Waals surface area contributed by atoms with Gasteiger partial charge >= 0.3 is 0 Å². The van der Waals surface area contributed by atoms with Gasteiger partial charge in [-0.05, 0) is 29.8 Å². The minimum absolute atomic E-state index is 0.484. The molecular weight excluding hydrogens is 231 g/mol. The normalized spacial score (nSPS) is 13.6. The maximum atomic E-state index is 5.97. The maximum Gasteiger partial charge on any atom is 0.130 e. The van der Waals surface area contributed by atoms with E-state index in [1.807, 2.05) is 30.3 Å². The van der Waals surface area contributed by atoms with Crippen molar-refractivity contribution in [2.45, 2.75) is 0 Å². The van der Waals surface area contributed by atoms with Crippen LogP contribution in [0.3, 0.4) is 0 Å². The van der Waals surface area contributed by atoms with Crippen LogP contribution in [0.5, 0.6) is 0 Å². The van der Waals surface area contributed by atoms with Crippen LogP contribution >= 0.6 is 23.2 Å². The lowest BCUT2D eigenvalue weighted by molar-refractivity contribution is 1.39. The Labute approximate surface area is 96.5 Å². The summed E-state index contributed by atoms with van der Waals surface area (Å²) in [6.45, 7) is 0. The minimum atomic E-state index is 0.484. The molecule has 1 aliphatic heterocycles. The highest BCUT2D eigenvalue weighted by molar-refractivity contribution is 6.35. The lowest BCUT2D eigenvalue weighted by Crippen LogP contribution is -2.01. The summed E-state index contributed by atoms with van der Waals surface area (Å²) in [6, 6.07) is 7.64. The summed E-state index contributed by atoms with van der Waals surface area (Å²) in [5.74, 6) is 0. The molecule has 0 bridgehead atoms. The Kier molecular flexibility index (Phi) is 1.87. The summed E-state index contributed by atoms with van der Waals surface area (Å²) >= 11 is 11.9. The molecule has 15 heavy (non-hydrogen) atoms. The van der Waals surface area contributed by atoms with Crippen LogP contribution in [0.15, 0.2) is 29.4 Å². The largest absolute Gasteiger partial charge is 0.346 e. The summed E-state index contributed by atoms with van der Waals surface area (Å²) in [5.41, 5.74) is 2.85. The van der Waals surface area contributed by atoms with Crippen LogP contribution in [-0.4, -0.2) is 4.98 Å². The molecule has 0 fully saturated rings. The highest BCUT2D eigenvalue weighted by atomic mass is 35.5. The zero-order valence-electron chi connectivity index (χ0n) is 7.59. The Morgan fingerprint density at radius 3 is 2.93 bits per heavy atom. The van der Waals surface area contributed by atoms with Gasteiger partial charge in [-0.2, -0.15) is 0 Å². The first-order chi connectivity index (χ1) is 7.24. The van der Waals surface area contributed by atoms with Crippen LogP contribution in [0, 0.1) is 0 Å². The molecule has 1 N–H and O–H groups in total. The quantitative estimate of drug-likeness (QED) is 0.556. The molecule has 0 radical (unpaired) electrons. The number of aromatic nitrogens is 1. The van der Waals surface area contributed by atoms with Crippen molar-refractivity contribution in [2.75, 3.05) is 5.32 Å². The van der Waals surface area contributed by atoms with Crippen LogP contribution < -0.4 is 5.32 Å². The van der Waals surface area contributed by atoms with E-state index in [1.54, 1.807) is 0 Å². The van der Waals surface area contributed by atoms with Gasteiger partial charge in [0.2, 0.25) is 0 Å². The van der Waals surface area contributed by atoms with Gasteiger partial charge in [0, 0.05) is 11.1 Å². The molecule has 2 heterocycles. The lowest BCUT2D eigenvalue weighted by atomic mass is 10.1. The highest BCUT2D eigenvalue weighted by Gasteiger charge is 2.13. The molecule has 3 rings (SSSR count). The van der Waals surface area contributed by atoms with Crippen molar-refractivity contribution in [1.29, 1.82) is 0 Å². The smallest absolute Gasteiger partial charge is 0.130 e. The van der Waals surface area contributed by atoms with Crippen LogP contribution in [0.2, 0.25) is 5.15 Å². The molecule has 0 saturated carbocycles. The number of benzene rings is 1. The molecule has 2 aromatic rings. The molecule has 4 heteroatoms. The molecule has 0 aliphatic carbocycles. The van der Waals surface area contributed by atoms with E-state index in [1.165, 1.54) is 0 Å². The predicted octanol–water partition coefficient (Wildman–Crippen LogP) is 3.85. The number of nitrogens with one attached hydrogen (secondary N) is 1. The SMILES string of the molecule is ClC1=Cc2cc(Cl)nc3cccc(c23)N1. The van der Waals surface area contributed by atoms with Gasteiger partial charge in [-0.1, -0.05) is 29.3 Å². The third-order valence-corrected chi connectivity index (χ3v) is 2.77. The summed E-state index contributed by atoms with van der Waals surface area (Å²) in [6.07, 6.45) is 1.85. The topological polar surface area (TPSA) is 24.9 Å². The second-order valence-electron chi connectivity index (χ2n) is 3.35. The molecule has 0 saturated heterocycles. The van der Waals surface area contributed by atoms with Gasteiger partial charge in [0.1, 0.15) is 10.3 Å². The number of nitrogens with zero attached hydrogens (tertiary/aromatic N) is 1. The van der Waals surface area contributed by atoms with E-state index in [0.717, 1.165) is 22.2 Å². The molecule has 0 atom stereocenters. The molecule has 1 aromatic heterocycles. The number of anilines is 1. The second kappa shape index (κ2) is 3.12. The predicted molar refractivity (Wildman–Crippen MR) is 64.2 cm³/mol. The average Bonchev–Trinajstić information content (AvgIpc) is 2.16. The van der Waals surface area contributed by atoms with Crippen molar-refractivity contribution < 1.29 is 0 Å². The molecule has 0 unspecified atom stereocenters. The molecule has 0 amide bonds. The van der Waals surface area contributed by atoms with Gasteiger partial charge in [0.15, 0.2) is 0 Å². The van der Waals surface area contributed by atoms with Gasteiger partial charge in [-0.15, -0.1) is 0 Å². The van der Waals surface area contributed by atoms with Crippen LogP contribution in [0.25, 0.3) is 17.0 Å². The fraction of sp³-hybridized carbons (Fsp3) is 0.